The van der Waals surface area contributed by atoms with Crippen LogP contribution in [0.4, 0.5) is 0 Å². The zero-order chi connectivity index (χ0) is 15.4. The molecule has 0 radical (unpaired) electrons. The Kier molecular flexibility index (Phi) is 4.78. The van der Waals surface area contributed by atoms with Crippen molar-refractivity contribution in [1.29, 1.82) is 0 Å². The van der Waals surface area contributed by atoms with Gasteiger partial charge in [0.2, 0.25) is 0 Å². The normalized spacial score (nSPS) is 10.8. The fourth-order valence-electron chi connectivity index (χ4n) is 1.78. The Balaban J connectivity index is 2.26. The average molecular weight is 321 g/mol. The van der Waals surface area contributed by atoms with E-state index in [-0.39, 0.29) is 5.78 Å². The lowest BCUT2D eigenvalue weighted by Gasteiger charge is -2.05. The van der Waals surface area contributed by atoms with Crippen molar-refractivity contribution >= 4 is 35.0 Å². The molecule has 1 N–H and O–H groups in total. The van der Waals surface area contributed by atoms with Crippen molar-refractivity contribution in [2.45, 2.75) is 0 Å². The molecule has 3 nitrogen and oxygen atoms in total. The van der Waals surface area contributed by atoms with Crippen molar-refractivity contribution in [3.8, 4) is 11.1 Å². The molecule has 0 unspecified atom stereocenters. The zero-order valence-corrected chi connectivity index (χ0v) is 12.2. The molecule has 0 atom stereocenters. The monoisotopic (exact) mass is 320 g/mol. The van der Waals surface area contributed by atoms with Gasteiger partial charge in [0, 0.05) is 27.2 Å². The molecule has 106 valence electrons. The molecular weight excluding hydrogens is 311 g/mol. The molecule has 2 rings (SSSR count). The quantitative estimate of drug-likeness (QED) is 0.667. The molecule has 5 heteroatoms. The van der Waals surface area contributed by atoms with Crippen LogP contribution in [0.25, 0.3) is 11.1 Å². The van der Waals surface area contributed by atoms with Crippen molar-refractivity contribution in [2.24, 2.45) is 0 Å². The summed E-state index contributed by atoms with van der Waals surface area (Å²) in [5, 5.41) is 9.56. The molecule has 0 heterocycles. The number of allylic oxidation sites excluding steroid dienone is 1. The summed E-state index contributed by atoms with van der Waals surface area (Å²) in [7, 11) is 0. The second-order valence-electron chi connectivity index (χ2n) is 4.24. The van der Waals surface area contributed by atoms with Gasteiger partial charge in [0.25, 0.3) is 0 Å². The molecule has 0 spiro atoms. The number of ketones is 1. The molecule has 2 aromatic carbocycles. The predicted molar refractivity (Wildman–Crippen MR) is 83.0 cm³/mol. The SMILES string of the molecule is O=C(O)C=CC(=O)c1ccc(-c2ccc(Cl)cc2Cl)cc1. The Labute approximate surface area is 131 Å². The Morgan fingerprint density at radius 3 is 2.19 bits per heavy atom. The summed E-state index contributed by atoms with van der Waals surface area (Å²) in [6.07, 6.45) is 1.83. The summed E-state index contributed by atoms with van der Waals surface area (Å²) in [6, 6.07) is 11.9. The summed E-state index contributed by atoms with van der Waals surface area (Å²) < 4.78 is 0. The Bertz CT molecular complexity index is 719. The largest absolute Gasteiger partial charge is 0.478 e. The van der Waals surface area contributed by atoms with Crippen LogP contribution in [0.3, 0.4) is 0 Å². The smallest absolute Gasteiger partial charge is 0.328 e. The van der Waals surface area contributed by atoms with Gasteiger partial charge in [0.15, 0.2) is 5.78 Å². The molecule has 0 amide bonds. The van der Waals surface area contributed by atoms with Crippen molar-refractivity contribution in [3.05, 3.63) is 70.2 Å². The Hall–Kier alpha value is -2.10. The van der Waals surface area contributed by atoms with Gasteiger partial charge in [-0.25, -0.2) is 4.79 Å². The van der Waals surface area contributed by atoms with Crippen LogP contribution in [0.2, 0.25) is 10.0 Å². The van der Waals surface area contributed by atoms with Gasteiger partial charge in [-0.2, -0.15) is 0 Å². The summed E-state index contributed by atoms with van der Waals surface area (Å²) in [5.74, 6) is -1.53. The molecule has 2 aromatic rings. The number of carboxylic acids is 1. The molecular formula is C16H10Cl2O3. The lowest BCUT2D eigenvalue weighted by atomic mass is 10.0. The fraction of sp³-hybridized carbons (Fsp3) is 0. The number of halogens is 2. The molecule has 0 saturated carbocycles. The van der Waals surface area contributed by atoms with Gasteiger partial charge in [0.1, 0.15) is 0 Å². The summed E-state index contributed by atoms with van der Waals surface area (Å²) >= 11 is 12.0. The minimum atomic E-state index is -1.16. The van der Waals surface area contributed by atoms with Crippen LogP contribution in [-0.4, -0.2) is 16.9 Å². The molecule has 0 bridgehead atoms. The van der Waals surface area contributed by atoms with E-state index in [0.717, 1.165) is 23.3 Å². The van der Waals surface area contributed by atoms with Crippen LogP contribution < -0.4 is 0 Å². The number of rotatable bonds is 4. The molecule has 0 fully saturated rings. The van der Waals surface area contributed by atoms with E-state index in [4.69, 9.17) is 28.3 Å². The second-order valence-corrected chi connectivity index (χ2v) is 5.08. The van der Waals surface area contributed by atoms with Gasteiger partial charge in [-0.3, -0.25) is 4.79 Å². The van der Waals surface area contributed by atoms with Gasteiger partial charge in [-0.15, -0.1) is 0 Å². The number of carbonyl (C=O) groups is 2. The first-order chi connectivity index (χ1) is 9.97. The van der Waals surface area contributed by atoms with E-state index in [1.165, 1.54) is 0 Å². The third kappa shape index (κ3) is 3.94. The predicted octanol–water partition coefficient (Wildman–Crippen LogP) is 4.48. The number of benzene rings is 2. The Morgan fingerprint density at radius 1 is 0.952 bits per heavy atom. The number of aliphatic carboxylic acids is 1. The number of carbonyl (C=O) groups excluding carboxylic acids is 1. The van der Waals surface area contributed by atoms with E-state index >= 15 is 0 Å². The molecule has 21 heavy (non-hydrogen) atoms. The average Bonchev–Trinajstić information content (AvgIpc) is 2.45. The highest BCUT2D eigenvalue weighted by Crippen LogP contribution is 2.30. The molecule has 0 aliphatic carbocycles. The third-order valence-electron chi connectivity index (χ3n) is 2.79. The number of carboxylic acid groups (broad SMARTS) is 1. The van der Waals surface area contributed by atoms with E-state index in [1.54, 1.807) is 42.5 Å². The fourth-order valence-corrected chi connectivity index (χ4v) is 2.30. The van der Waals surface area contributed by atoms with Gasteiger partial charge < -0.3 is 5.11 Å². The van der Waals surface area contributed by atoms with Crippen molar-refractivity contribution in [2.75, 3.05) is 0 Å². The number of hydrogen-bond acceptors (Lipinski definition) is 2. The van der Waals surface area contributed by atoms with Gasteiger partial charge >= 0.3 is 5.97 Å². The highest BCUT2D eigenvalue weighted by atomic mass is 35.5. The van der Waals surface area contributed by atoms with E-state index in [1.807, 2.05) is 0 Å². The lowest BCUT2D eigenvalue weighted by Crippen LogP contribution is -1.96. The van der Waals surface area contributed by atoms with Crippen LogP contribution in [0, 0.1) is 0 Å². The molecule has 0 saturated heterocycles. The Morgan fingerprint density at radius 2 is 1.62 bits per heavy atom. The van der Waals surface area contributed by atoms with E-state index in [2.05, 4.69) is 0 Å². The van der Waals surface area contributed by atoms with Crippen LogP contribution in [0.5, 0.6) is 0 Å². The third-order valence-corrected chi connectivity index (χ3v) is 3.34. The van der Waals surface area contributed by atoms with Crippen molar-refractivity contribution in [1.82, 2.24) is 0 Å². The maximum Gasteiger partial charge on any atom is 0.328 e. The minimum absolute atomic E-state index is 0.369. The topological polar surface area (TPSA) is 54.4 Å². The standard InChI is InChI=1S/C16H10Cl2O3/c17-12-5-6-13(14(18)9-12)10-1-3-11(4-2-10)15(19)7-8-16(20)21/h1-9H,(H,20,21). The van der Waals surface area contributed by atoms with E-state index in [0.29, 0.717) is 15.6 Å². The maximum absolute atomic E-state index is 11.7. The van der Waals surface area contributed by atoms with Crippen molar-refractivity contribution in [3.63, 3.8) is 0 Å². The first-order valence-corrected chi connectivity index (χ1v) is 6.74. The maximum atomic E-state index is 11.7. The van der Waals surface area contributed by atoms with E-state index in [9.17, 15) is 9.59 Å². The highest BCUT2D eigenvalue weighted by molar-refractivity contribution is 6.36. The van der Waals surface area contributed by atoms with E-state index < -0.39 is 5.97 Å². The van der Waals surface area contributed by atoms with Crippen LogP contribution in [0.15, 0.2) is 54.6 Å². The summed E-state index contributed by atoms with van der Waals surface area (Å²) in [4.78, 5) is 22.1. The van der Waals surface area contributed by atoms with Gasteiger partial charge in [-0.1, -0.05) is 53.5 Å². The number of hydrogen-bond donors (Lipinski definition) is 1. The van der Waals surface area contributed by atoms with Crippen LogP contribution in [0.1, 0.15) is 10.4 Å². The summed E-state index contributed by atoms with van der Waals surface area (Å²) in [6.45, 7) is 0. The molecule has 0 aliphatic heterocycles. The minimum Gasteiger partial charge on any atom is -0.478 e. The second kappa shape index (κ2) is 6.57. The first-order valence-electron chi connectivity index (χ1n) is 5.98. The van der Waals surface area contributed by atoms with Crippen molar-refractivity contribution < 1.29 is 14.7 Å². The zero-order valence-electron chi connectivity index (χ0n) is 10.7. The molecule has 0 aliphatic rings. The first kappa shape index (κ1) is 15.3. The lowest BCUT2D eigenvalue weighted by molar-refractivity contribution is -0.131. The van der Waals surface area contributed by atoms with Gasteiger partial charge in [-0.05, 0) is 23.8 Å². The van der Waals surface area contributed by atoms with Crippen LogP contribution in [-0.2, 0) is 4.79 Å². The van der Waals surface area contributed by atoms with Crippen LogP contribution >= 0.6 is 23.2 Å². The summed E-state index contributed by atoms with van der Waals surface area (Å²) in [5.41, 5.74) is 2.05. The molecule has 0 aromatic heterocycles. The highest BCUT2D eigenvalue weighted by Gasteiger charge is 2.06. The van der Waals surface area contributed by atoms with Gasteiger partial charge in [0.05, 0.1) is 0 Å².